The molecule has 0 spiro atoms. The lowest BCUT2D eigenvalue weighted by Gasteiger charge is -2.18. The van der Waals surface area contributed by atoms with Crippen molar-refractivity contribution in [1.29, 1.82) is 0 Å². The lowest BCUT2D eigenvalue weighted by atomic mass is 10.2. The van der Waals surface area contributed by atoms with Gasteiger partial charge in [0.25, 0.3) is 0 Å². The average molecular weight is 379 g/mol. The molecule has 0 aliphatic carbocycles. The molecule has 0 radical (unpaired) electrons. The molecular formula is C17H22N4O2S2. The van der Waals surface area contributed by atoms with Crippen LogP contribution in [0.25, 0.3) is 0 Å². The Labute approximate surface area is 152 Å². The van der Waals surface area contributed by atoms with Gasteiger partial charge in [-0.05, 0) is 35.9 Å². The van der Waals surface area contributed by atoms with E-state index in [-0.39, 0.29) is 18.3 Å². The van der Waals surface area contributed by atoms with Crippen LogP contribution in [0.2, 0.25) is 0 Å². The van der Waals surface area contributed by atoms with Crippen LogP contribution in [0, 0.1) is 0 Å². The van der Waals surface area contributed by atoms with Gasteiger partial charge >= 0.3 is 0 Å². The van der Waals surface area contributed by atoms with E-state index < -0.39 is 10.0 Å². The summed E-state index contributed by atoms with van der Waals surface area (Å²) in [5, 5.41) is 5.05. The third-order valence-electron chi connectivity index (χ3n) is 4.07. The molecule has 0 atom stereocenters. The minimum Gasteiger partial charge on any atom is -0.370 e. The first-order valence-electron chi connectivity index (χ1n) is 8.21. The summed E-state index contributed by atoms with van der Waals surface area (Å²) in [5.74, 6) is 0.239. The smallest absolute Gasteiger partial charge is 0.237 e. The molecule has 0 saturated carbocycles. The lowest BCUT2D eigenvalue weighted by Crippen LogP contribution is -2.35. The number of hydrogen-bond donors (Lipinski definition) is 2. The van der Waals surface area contributed by atoms with Crippen molar-refractivity contribution in [3.63, 3.8) is 0 Å². The van der Waals surface area contributed by atoms with Gasteiger partial charge in [-0.1, -0.05) is 24.3 Å². The number of rotatable bonds is 7. The van der Waals surface area contributed by atoms with Crippen molar-refractivity contribution in [2.24, 2.45) is 10.7 Å². The second-order valence-electron chi connectivity index (χ2n) is 5.79. The van der Waals surface area contributed by atoms with Gasteiger partial charge in [-0.25, -0.2) is 8.42 Å². The first-order chi connectivity index (χ1) is 12.1. The minimum atomic E-state index is -3.38. The molecule has 0 bridgehead atoms. The molecule has 8 heteroatoms. The van der Waals surface area contributed by atoms with E-state index in [1.807, 2.05) is 35.7 Å². The summed E-state index contributed by atoms with van der Waals surface area (Å²) in [6.07, 6.45) is 1.63. The van der Waals surface area contributed by atoms with Crippen molar-refractivity contribution >= 4 is 33.0 Å². The van der Waals surface area contributed by atoms with Crippen LogP contribution in [0.4, 0.5) is 5.69 Å². The van der Waals surface area contributed by atoms with Crippen LogP contribution in [-0.2, 0) is 22.9 Å². The maximum Gasteiger partial charge on any atom is 0.237 e. The van der Waals surface area contributed by atoms with Gasteiger partial charge in [-0.3, -0.25) is 9.30 Å². The number of benzene rings is 1. The number of anilines is 1. The molecule has 25 heavy (non-hydrogen) atoms. The van der Waals surface area contributed by atoms with E-state index in [4.69, 9.17) is 5.73 Å². The molecule has 2 aromatic rings. The number of guanidine groups is 1. The predicted octanol–water partition coefficient (Wildman–Crippen LogP) is 1.59. The molecular weight excluding hydrogens is 356 g/mol. The maximum absolute atomic E-state index is 12.5. The fourth-order valence-electron chi connectivity index (χ4n) is 2.81. The number of nitrogens with two attached hydrogens (primary N) is 1. The highest BCUT2D eigenvalue weighted by Crippen LogP contribution is 2.29. The number of aliphatic imine (C=N–C) groups is 1. The Balaban J connectivity index is 1.49. The third-order valence-corrected chi connectivity index (χ3v) is 6.75. The van der Waals surface area contributed by atoms with Crippen LogP contribution < -0.4 is 15.4 Å². The molecule has 1 aromatic carbocycles. The Hall–Kier alpha value is -2.06. The monoisotopic (exact) mass is 378 g/mol. The average Bonchev–Trinajstić information content (AvgIpc) is 3.24. The number of nitrogens with one attached hydrogen (secondary N) is 1. The highest BCUT2D eigenvalue weighted by Gasteiger charge is 2.28. The molecule has 0 unspecified atom stereocenters. The molecule has 0 fully saturated rings. The summed E-state index contributed by atoms with van der Waals surface area (Å²) in [6, 6.07) is 11.7. The number of nitrogens with zero attached hydrogens (tertiary/aromatic N) is 2. The Morgan fingerprint density at radius 3 is 2.92 bits per heavy atom. The van der Waals surface area contributed by atoms with Gasteiger partial charge in [0.05, 0.1) is 18.0 Å². The molecule has 2 heterocycles. The topological polar surface area (TPSA) is 87.8 Å². The Bertz CT molecular complexity index is 832. The molecule has 1 aliphatic heterocycles. The molecule has 0 amide bonds. The van der Waals surface area contributed by atoms with Crippen LogP contribution in [-0.4, -0.2) is 39.8 Å². The zero-order valence-corrected chi connectivity index (χ0v) is 15.5. The summed E-state index contributed by atoms with van der Waals surface area (Å²) in [6.45, 7) is 1.33. The molecule has 0 saturated heterocycles. The third kappa shape index (κ3) is 4.52. The number of fused-ring (bicyclic) bond motifs is 1. The fraction of sp³-hybridized carbons (Fsp3) is 0.353. The summed E-state index contributed by atoms with van der Waals surface area (Å²) in [5.41, 5.74) is 7.67. The predicted molar refractivity (Wildman–Crippen MR) is 104 cm³/mol. The highest BCUT2D eigenvalue weighted by atomic mass is 32.2. The van der Waals surface area contributed by atoms with Gasteiger partial charge in [0.1, 0.15) is 0 Å². The van der Waals surface area contributed by atoms with E-state index in [0.717, 1.165) is 24.1 Å². The Morgan fingerprint density at radius 2 is 2.12 bits per heavy atom. The molecule has 3 N–H and O–H groups in total. The summed E-state index contributed by atoms with van der Waals surface area (Å²) in [7, 11) is -3.38. The molecule has 6 nitrogen and oxygen atoms in total. The maximum atomic E-state index is 12.5. The number of thiophene rings is 1. The van der Waals surface area contributed by atoms with Crippen molar-refractivity contribution in [3.05, 3.63) is 52.2 Å². The van der Waals surface area contributed by atoms with Gasteiger partial charge < -0.3 is 11.1 Å². The Morgan fingerprint density at radius 1 is 1.28 bits per heavy atom. The van der Waals surface area contributed by atoms with Gasteiger partial charge in [0.15, 0.2) is 5.96 Å². The van der Waals surface area contributed by atoms with Crippen molar-refractivity contribution in [2.75, 3.05) is 29.7 Å². The van der Waals surface area contributed by atoms with E-state index in [2.05, 4.69) is 16.4 Å². The summed E-state index contributed by atoms with van der Waals surface area (Å²) >= 11 is 1.70. The highest BCUT2D eigenvalue weighted by molar-refractivity contribution is 7.92. The first kappa shape index (κ1) is 17.8. The molecule has 1 aromatic heterocycles. The zero-order valence-electron chi connectivity index (χ0n) is 13.9. The van der Waals surface area contributed by atoms with E-state index >= 15 is 0 Å². The van der Waals surface area contributed by atoms with Gasteiger partial charge in [-0.2, -0.15) is 0 Å². The van der Waals surface area contributed by atoms with E-state index in [1.165, 1.54) is 9.18 Å². The Kier molecular flexibility index (Phi) is 5.60. The first-order valence-corrected chi connectivity index (χ1v) is 10.7. The SMILES string of the molecule is NC(=NCCS(=O)(=O)N1CCc2ccccc21)NCCc1cccs1. The number of hydrogen-bond acceptors (Lipinski definition) is 4. The quantitative estimate of drug-likeness (QED) is 0.566. The minimum absolute atomic E-state index is 0.0470. The second kappa shape index (κ2) is 7.88. The van der Waals surface area contributed by atoms with Crippen LogP contribution in [0.15, 0.2) is 46.8 Å². The van der Waals surface area contributed by atoms with Gasteiger partial charge in [0.2, 0.25) is 10.0 Å². The standard InChI is InChI=1S/C17H22N4O2S2/c18-17(19-9-7-15-5-3-12-24-15)20-10-13-25(22,23)21-11-8-14-4-1-2-6-16(14)21/h1-6,12H,7-11,13H2,(H3,18,19,20). The lowest BCUT2D eigenvalue weighted by molar-refractivity contribution is 0.592. The molecule has 1 aliphatic rings. The van der Waals surface area contributed by atoms with E-state index in [0.29, 0.717) is 13.1 Å². The molecule has 134 valence electrons. The van der Waals surface area contributed by atoms with Crippen LogP contribution in [0.3, 0.4) is 0 Å². The summed E-state index contributed by atoms with van der Waals surface area (Å²) in [4.78, 5) is 5.41. The van der Waals surface area contributed by atoms with Crippen LogP contribution in [0.5, 0.6) is 0 Å². The molecule has 3 rings (SSSR count). The van der Waals surface area contributed by atoms with Gasteiger partial charge in [0, 0.05) is 18.0 Å². The van der Waals surface area contributed by atoms with Crippen LogP contribution >= 0.6 is 11.3 Å². The second-order valence-corrected chi connectivity index (χ2v) is 8.84. The normalized spacial score (nSPS) is 14.6. The number of sulfonamides is 1. The largest absolute Gasteiger partial charge is 0.370 e. The van der Waals surface area contributed by atoms with E-state index in [1.54, 1.807) is 11.3 Å². The van der Waals surface area contributed by atoms with Crippen molar-refractivity contribution in [3.8, 4) is 0 Å². The zero-order chi connectivity index (χ0) is 17.7. The summed E-state index contributed by atoms with van der Waals surface area (Å²) < 4.78 is 26.6. The van der Waals surface area contributed by atoms with Crippen molar-refractivity contribution in [1.82, 2.24) is 5.32 Å². The van der Waals surface area contributed by atoms with Crippen molar-refractivity contribution < 1.29 is 8.42 Å². The fourth-order valence-corrected chi connectivity index (χ4v) is 4.91. The number of para-hydroxylation sites is 1. The van der Waals surface area contributed by atoms with Crippen molar-refractivity contribution in [2.45, 2.75) is 12.8 Å². The van der Waals surface area contributed by atoms with Crippen LogP contribution in [0.1, 0.15) is 10.4 Å². The van der Waals surface area contributed by atoms with Gasteiger partial charge in [-0.15, -0.1) is 11.3 Å². The van der Waals surface area contributed by atoms with E-state index in [9.17, 15) is 8.42 Å².